The number of halogens is 1. The highest BCUT2D eigenvalue weighted by Gasteiger charge is 2.12. The van der Waals surface area contributed by atoms with Gasteiger partial charge in [0.05, 0.1) is 4.47 Å². The Balaban J connectivity index is 1.65. The van der Waals surface area contributed by atoms with Crippen molar-refractivity contribution in [3.05, 3.63) is 93.5 Å². The first-order valence-corrected chi connectivity index (χ1v) is 10.9. The normalized spacial score (nSPS) is 10.8. The third-order valence-electron chi connectivity index (χ3n) is 4.80. The fourth-order valence-electron chi connectivity index (χ4n) is 2.98. The summed E-state index contributed by atoms with van der Waals surface area (Å²) in [6, 6.07) is 21.9. The highest BCUT2D eigenvalue weighted by atomic mass is 79.9. The van der Waals surface area contributed by atoms with E-state index in [4.69, 9.17) is 4.74 Å². The molecule has 0 saturated heterocycles. The fourth-order valence-corrected chi connectivity index (χ4v) is 3.50. The zero-order valence-corrected chi connectivity index (χ0v) is 19.8. The van der Waals surface area contributed by atoms with Crippen molar-refractivity contribution in [2.24, 2.45) is 0 Å². The standard InChI is InChI=1S/C26H22BrN3O3/c1-17-7-3-5-9-22(17)29-25(31)16-33-24-12-11-19(14-21(24)27)13-20(15-28)26(32)30-23-10-6-4-8-18(23)2/h3-14H,16H2,1-2H3,(H,29,31)(H,30,32)/b20-13-. The van der Waals surface area contributed by atoms with Crippen molar-refractivity contribution in [2.75, 3.05) is 17.2 Å². The second kappa shape index (κ2) is 11.1. The van der Waals surface area contributed by atoms with E-state index in [-0.39, 0.29) is 18.1 Å². The second-order valence-electron chi connectivity index (χ2n) is 7.28. The number of carbonyl (C=O) groups is 2. The topological polar surface area (TPSA) is 91.2 Å². The van der Waals surface area contributed by atoms with Crippen molar-refractivity contribution < 1.29 is 14.3 Å². The number of nitrogens with zero attached hydrogens (tertiary/aromatic N) is 1. The van der Waals surface area contributed by atoms with Gasteiger partial charge in [-0.15, -0.1) is 0 Å². The third kappa shape index (κ3) is 6.55. The van der Waals surface area contributed by atoms with E-state index < -0.39 is 5.91 Å². The predicted octanol–water partition coefficient (Wildman–Crippen LogP) is 5.63. The van der Waals surface area contributed by atoms with Gasteiger partial charge in [-0.1, -0.05) is 42.5 Å². The number of nitriles is 1. The van der Waals surface area contributed by atoms with Gasteiger partial charge in [0.2, 0.25) is 0 Å². The maximum Gasteiger partial charge on any atom is 0.266 e. The zero-order valence-electron chi connectivity index (χ0n) is 18.2. The number of para-hydroxylation sites is 2. The van der Waals surface area contributed by atoms with Crippen LogP contribution in [-0.2, 0) is 9.59 Å². The summed E-state index contributed by atoms with van der Waals surface area (Å²) in [5.74, 6) is -0.300. The van der Waals surface area contributed by atoms with Crippen LogP contribution in [0.1, 0.15) is 16.7 Å². The minimum atomic E-state index is -0.490. The van der Waals surface area contributed by atoms with Crippen LogP contribution in [0.25, 0.3) is 6.08 Å². The maximum absolute atomic E-state index is 12.5. The van der Waals surface area contributed by atoms with Crippen molar-refractivity contribution in [2.45, 2.75) is 13.8 Å². The molecule has 2 N–H and O–H groups in total. The minimum Gasteiger partial charge on any atom is -0.483 e. The smallest absolute Gasteiger partial charge is 0.266 e. The van der Waals surface area contributed by atoms with Gasteiger partial charge in [0, 0.05) is 11.4 Å². The molecule has 0 heterocycles. The third-order valence-corrected chi connectivity index (χ3v) is 5.42. The van der Waals surface area contributed by atoms with Gasteiger partial charge in [0.25, 0.3) is 11.8 Å². The lowest BCUT2D eigenvalue weighted by Crippen LogP contribution is -2.20. The molecule has 166 valence electrons. The van der Waals surface area contributed by atoms with Crippen molar-refractivity contribution in [3.8, 4) is 11.8 Å². The Kier molecular flexibility index (Phi) is 8.01. The highest BCUT2D eigenvalue weighted by Crippen LogP contribution is 2.27. The van der Waals surface area contributed by atoms with E-state index in [0.29, 0.717) is 21.5 Å². The van der Waals surface area contributed by atoms with E-state index in [9.17, 15) is 14.9 Å². The average molecular weight is 504 g/mol. The van der Waals surface area contributed by atoms with Gasteiger partial charge < -0.3 is 15.4 Å². The van der Waals surface area contributed by atoms with Crippen LogP contribution in [-0.4, -0.2) is 18.4 Å². The van der Waals surface area contributed by atoms with Crippen LogP contribution in [0.3, 0.4) is 0 Å². The van der Waals surface area contributed by atoms with Crippen molar-refractivity contribution in [3.63, 3.8) is 0 Å². The van der Waals surface area contributed by atoms with E-state index in [2.05, 4.69) is 26.6 Å². The van der Waals surface area contributed by atoms with Gasteiger partial charge in [-0.2, -0.15) is 5.26 Å². The minimum absolute atomic E-state index is 0.0311. The molecule has 0 aliphatic heterocycles. The lowest BCUT2D eigenvalue weighted by atomic mass is 10.1. The van der Waals surface area contributed by atoms with Gasteiger partial charge in [-0.25, -0.2) is 0 Å². The summed E-state index contributed by atoms with van der Waals surface area (Å²) in [4.78, 5) is 24.7. The van der Waals surface area contributed by atoms with Crippen LogP contribution in [0.2, 0.25) is 0 Å². The predicted molar refractivity (Wildman–Crippen MR) is 133 cm³/mol. The molecule has 0 fully saturated rings. The second-order valence-corrected chi connectivity index (χ2v) is 8.13. The van der Waals surface area contributed by atoms with Crippen LogP contribution in [0, 0.1) is 25.2 Å². The SMILES string of the molecule is Cc1ccccc1NC(=O)COc1ccc(/C=C(/C#N)C(=O)Nc2ccccc2C)cc1Br. The molecule has 0 radical (unpaired) electrons. The first kappa shape index (κ1) is 23.8. The van der Waals surface area contributed by atoms with Crippen LogP contribution < -0.4 is 15.4 Å². The highest BCUT2D eigenvalue weighted by molar-refractivity contribution is 9.10. The number of rotatable bonds is 7. The molecular weight excluding hydrogens is 482 g/mol. The van der Waals surface area contributed by atoms with Gasteiger partial charge in [0.15, 0.2) is 6.61 Å². The van der Waals surface area contributed by atoms with Crippen LogP contribution in [0.4, 0.5) is 11.4 Å². The van der Waals surface area contributed by atoms with E-state index in [1.165, 1.54) is 6.08 Å². The van der Waals surface area contributed by atoms with Gasteiger partial charge in [-0.3, -0.25) is 9.59 Å². The molecule has 0 spiro atoms. The molecule has 7 heteroatoms. The van der Waals surface area contributed by atoms with Crippen molar-refractivity contribution in [1.29, 1.82) is 5.26 Å². The largest absolute Gasteiger partial charge is 0.483 e. The summed E-state index contributed by atoms with van der Waals surface area (Å²) in [7, 11) is 0. The van der Waals surface area contributed by atoms with Crippen molar-refractivity contribution >= 4 is 45.2 Å². The molecule has 2 amide bonds. The Morgan fingerprint density at radius 2 is 1.58 bits per heavy atom. The van der Waals surface area contributed by atoms with E-state index in [0.717, 1.165) is 16.8 Å². The number of hydrogen-bond acceptors (Lipinski definition) is 4. The Hall–Kier alpha value is -3.89. The van der Waals surface area contributed by atoms with Gasteiger partial charge >= 0.3 is 0 Å². The molecule has 6 nitrogen and oxygen atoms in total. The fraction of sp³-hybridized carbons (Fsp3) is 0.115. The van der Waals surface area contributed by atoms with Crippen LogP contribution in [0.15, 0.2) is 76.8 Å². The van der Waals surface area contributed by atoms with Crippen LogP contribution in [0.5, 0.6) is 5.75 Å². The Bertz CT molecular complexity index is 1260. The summed E-state index contributed by atoms with van der Waals surface area (Å²) < 4.78 is 6.21. The summed E-state index contributed by atoms with van der Waals surface area (Å²) in [5.41, 5.74) is 3.85. The average Bonchev–Trinajstić information content (AvgIpc) is 2.80. The lowest BCUT2D eigenvalue weighted by Gasteiger charge is -2.11. The Morgan fingerprint density at radius 1 is 0.970 bits per heavy atom. The molecule has 33 heavy (non-hydrogen) atoms. The quantitative estimate of drug-likeness (QED) is 0.322. The first-order valence-electron chi connectivity index (χ1n) is 10.1. The van der Waals surface area contributed by atoms with E-state index >= 15 is 0 Å². The van der Waals surface area contributed by atoms with E-state index in [1.54, 1.807) is 24.3 Å². The summed E-state index contributed by atoms with van der Waals surface area (Å²) >= 11 is 3.42. The number of carbonyl (C=O) groups excluding carboxylic acids is 2. The Labute approximate surface area is 201 Å². The number of aryl methyl sites for hydroxylation is 2. The van der Waals surface area contributed by atoms with Crippen LogP contribution >= 0.6 is 15.9 Å². The van der Waals surface area contributed by atoms with Crippen molar-refractivity contribution in [1.82, 2.24) is 0 Å². The number of anilines is 2. The first-order chi connectivity index (χ1) is 15.9. The number of amides is 2. The zero-order chi connectivity index (χ0) is 23.8. The van der Waals surface area contributed by atoms with E-state index in [1.807, 2.05) is 62.4 Å². The molecule has 0 aliphatic rings. The number of benzene rings is 3. The molecule has 0 aliphatic carbocycles. The summed E-state index contributed by atoms with van der Waals surface area (Å²) in [6.07, 6.45) is 1.49. The maximum atomic E-state index is 12.5. The number of ether oxygens (including phenoxy) is 1. The summed E-state index contributed by atoms with van der Waals surface area (Å²) in [6.45, 7) is 3.63. The summed E-state index contributed by atoms with van der Waals surface area (Å²) in [5, 5.41) is 15.0. The lowest BCUT2D eigenvalue weighted by molar-refractivity contribution is -0.118. The Morgan fingerprint density at radius 3 is 2.15 bits per heavy atom. The molecule has 0 bridgehead atoms. The number of hydrogen-bond donors (Lipinski definition) is 2. The molecule has 0 unspecified atom stereocenters. The molecule has 0 atom stereocenters. The van der Waals surface area contributed by atoms with Gasteiger partial charge in [0.1, 0.15) is 17.4 Å². The molecule has 3 aromatic rings. The molecule has 3 aromatic carbocycles. The molecule has 0 saturated carbocycles. The molecule has 0 aromatic heterocycles. The number of nitrogens with one attached hydrogen (secondary N) is 2. The molecule has 3 rings (SSSR count). The monoisotopic (exact) mass is 503 g/mol. The molecular formula is C26H22BrN3O3. The van der Waals surface area contributed by atoms with Gasteiger partial charge in [-0.05, 0) is 76.8 Å².